The van der Waals surface area contributed by atoms with E-state index in [1.165, 1.54) is 19.3 Å². The van der Waals surface area contributed by atoms with Crippen molar-refractivity contribution >= 4 is 24.1 Å². The molecule has 2 bridgehead atoms. The number of nitrogens with zero attached hydrogens (tertiary/aromatic N) is 3. The summed E-state index contributed by atoms with van der Waals surface area (Å²) < 4.78 is 0. The van der Waals surface area contributed by atoms with Gasteiger partial charge in [0.25, 0.3) is 0 Å². The number of amides is 1. The normalized spacial score (nSPS) is 33.9. The van der Waals surface area contributed by atoms with Crippen LogP contribution >= 0.6 is 12.4 Å². The van der Waals surface area contributed by atoms with Gasteiger partial charge < -0.3 is 16.0 Å². The highest BCUT2D eigenvalue weighted by atomic mass is 35.5. The molecule has 3 N–H and O–H groups in total. The van der Waals surface area contributed by atoms with Crippen molar-refractivity contribution in [2.45, 2.75) is 57.0 Å². The standard InChI is InChI=1S/C19H29N5O.ClH/c20-18-13-4-1-5-14(18)11-15(10-13)19(25)22-16-6-3-9-24(12-16)17-7-2-8-21-23-17;/h2,7-8,13-16,18H,1,3-6,9-12,20H2,(H,22,25);1H. The number of piperidine rings is 1. The lowest BCUT2D eigenvalue weighted by Crippen LogP contribution is -2.53. The van der Waals surface area contributed by atoms with Gasteiger partial charge in [-0.15, -0.1) is 17.5 Å². The van der Waals surface area contributed by atoms with Crippen LogP contribution in [0, 0.1) is 17.8 Å². The van der Waals surface area contributed by atoms with E-state index in [1.807, 2.05) is 12.1 Å². The van der Waals surface area contributed by atoms with Crippen molar-refractivity contribution in [2.24, 2.45) is 23.5 Å². The summed E-state index contributed by atoms with van der Waals surface area (Å²) in [4.78, 5) is 15.1. The molecule has 1 aromatic heterocycles. The average molecular weight is 380 g/mol. The molecule has 0 spiro atoms. The van der Waals surface area contributed by atoms with Crippen molar-refractivity contribution in [2.75, 3.05) is 18.0 Å². The van der Waals surface area contributed by atoms with Gasteiger partial charge in [0.05, 0.1) is 0 Å². The summed E-state index contributed by atoms with van der Waals surface area (Å²) in [6.07, 6.45) is 9.44. The zero-order chi connectivity index (χ0) is 17.2. The van der Waals surface area contributed by atoms with E-state index < -0.39 is 0 Å². The Balaban J connectivity index is 0.00000196. The van der Waals surface area contributed by atoms with Gasteiger partial charge in [-0.2, -0.15) is 5.10 Å². The molecule has 3 atom stereocenters. The molecule has 1 amide bonds. The molecule has 1 aromatic rings. The van der Waals surface area contributed by atoms with Gasteiger partial charge in [-0.05, 0) is 62.5 Å². The van der Waals surface area contributed by atoms with Crippen LogP contribution in [-0.4, -0.2) is 41.3 Å². The van der Waals surface area contributed by atoms with Gasteiger partial charge in [0.15, 0.2) is 5.82 Å². The van der Waals surface area contributed by atoms with Gasteiger partial charge in [0.2, 0.25) is 5.91 Å². The first-order chi connectivity index (χ1) is 12.2. The number of halogens is 1. The van der Waals surface area contributed by atoms with Crippen LogP contribution < -0.4 is 16.0 Å². The lowest BCUT2D eigenvalue weighted by molar-refractivity contribution is -0.128. The third-order valence-corrected chi connectivity index (χ3v) is 6.43. The first-order valence-electron chi connectivity index (χ1n) is 9.79. The molecule has 2 heterocycles. The highest BCUT2D eigenvalue weighted by molar-refractivity contribution is 5.85. The first kappa shape index (κ1) is 19.4. The van der Waals surface area contributed by atoms with Gasteiger partial charge in [-0.1, -0.05) is 6.42 Å². The third-order valence-electron chi connectivity index (χ3n) is 6.43. The van der Waals surface area contributed by atoms with E-state index >= 15 is 0 Å². The fourth-order valence-electron chi connectivity index (χ4n) is 5.09. The summed E-state index contributed by atoms with van der Waals surface area (Å²) >= 11 is 0. The fraction of sp³-hybridized carbons (Fsp3) is 0.737. The Labute approximate surface area is 161 Å². The summed E-state index contributed by atoms with van der Waals surface area (Å²) in [5.74, 6) is 2.40. The average Bonchev–Trinajstić information content (AvgIpc) is 2.62. The fourth-order valence-corrected chi connectivity index (χ4v) is 5.09. The molecule has 0 radical (unpaired) electrons. The summed E-state index contributed by atoms with van der Waals surface area (Å²) in [6, 6.07) is 4.42. The minimum atomic E-state index is 0. The van der Waals surface area contributed by atoms with Crippen molar-refractivity contribution in [3.05, 3.63) is 18.3 Å². The molecule has 2 aliphatic carbocycles. The quantitative estimate of drug-likeness (QED) is 0.840. The van der Waals surface area contributed by atoms with Crippen LogP contribution in [0.15, 0.2) is 18.3 Å². The Morgan fingerprint density at radius 3 is 2.65 bits per heavy atom. The number of aromatic nitrogens is 2. The Hall–Kier alpha value is -1.40. The topological polar surface area (TPSA) is 84.1 Å². The number of carbonyl (C=O) groups excluding carboxylic acids is 1. The van der Waals surface area contributed by atoms with Crippen molar-refractivity contribution in [3.63, 3.8) is 0 Å². The maximum atomic E-state index is 12.8. The molecule has 2 saturated carbocycles. The second-order valence-electron chi connectivity index (χ2n) is 8.07. The van der Waals surface area contributed by atoms with Crippen molar-refractivity contribution in [1.82, 2.24) is 15.5 Å². The molecule has 3 aliphatic rings. The largest absolute Gasteiger partial charge is 0.353 e. The Morgan fingerprint density at radius 2 is 1.96 bits per heavy atom. The monoisotopic (exact) mass is 379 g/mol. The Kier molecular flexibility index (Phi) is 6.35. The van der Waals surface area contributed by atoms with Crippen molar-refractivity contribution < 1.29 is 4.79 Å². The molecule has 3 unspecified atom stereocenters. The predicted octanol–water partition coefficient (Wildman–Crippen LogP) is 2.14. The molecular formula is C19H30ClN5O. The second kappa shape index (κ2) is 8.53. The minimum Gasteiger partial charge on any atom is -0.353 e. The number of nitrogens with one attached hydrogen (secondary N) is 1. The van der Waals surface area contributed by atoms with E-state index in [2.05, 4.69) is 20.4 Å². The summed E-state index contributed by atoms with van der Waals surface area (Å²) in [6.45, 7) is 1.80. The number of hydrogen-bond acceptors (Lipinski definition) is 5. The third kappa shape index (κ3) is 4.12. The van der Waals surface area contributed by atoms with Gasteiger partial charge in [0.1, 0.15) is 0 Å². The molecular weight excluding hydrogens is 350 g/mol. The van der Waals surface area contributed by atoms with Crippen LogP contribution in [0.3, 0.4) is 0 Å². The van der Waals surface area contributed by atoms with Crippen molar-refractivity contribution in [1.29, 1.82) is 0 Å². The van der Waals surface area contributed by atoms with Gasteiger partial charge in [-0.25, -0.2) is 0 Å². The van der Waals surface area contributed by atoms with Crippen LogP contribution in [0.2, 0.25) is 0 Å². The van der Waals surface area contributed by atoms with Gasteiger partial charge >= 0.3 is 0 Å². The molecule has 7 heteroatoms. The van der Waals surface area contributed by atoms with Crippen molar-refractivity contribution in [3.8, 4) is 0 Å². The van der Waals surface area contributed by atoms with Crippen LogP contribution in [0.5, 0.6) is 0 Å². The number of nitrogens with two attached hydrogens (primary N) is 1. The maximum Gasteiger partial charge on any atom is 0.223 e. The van der Waals surface area contributed by atoms with E-state index in [4.69, 9.17) is 5.73 Å². The van der Waals surface area contributed by atoms with Crippen LogP contribution in [-0.2, 0) is 4.79 Å². The summed E-state index contributed by atoms with van der Waals surface area (Å²) in [7, 11) is 0. The Bertz CT molecular complexity index is 587. The highest BCUT2D eigenvalue weighted by Gasteiger charge is 2.41. The first-order valence-corrected chi connectivity index (χ1v) is 9.79. The van der Waals surface area contributed by atoms with Crippen LogP contribution in [0.4, 0.5) is 5.82 Å². The van der Waals surface area contributed by atoms with E-state index in [0.29, 0.717) is 17.9 Å². The number of rotatable bonds is 3. The SMILES string of the molecule is Cl.NC1C2CCCC1CC(C(=O)NC1CCCN(c3cccnn3)C1)C2. The van der Waals surface area contributed by atoms with E-state index in [9.17, 15) is 4.79 Å². The van der Waals surface area contributed by atoms with E-state index in [0.717, 1.165) is 44.6 Å². The Morgan fingerprint density at radius 1 is 1.19 bits per heavy atom. The molecule has 1 saturated heterocycles. The lowest BCUT2D eigenvalue weighted by Gasteiger charge is -2.44. The number of fused-ring (bicyclic) bond motifs is 2. The minimum absolute atomic E-state index is 0. The molecule has 3 fully saturated rings. The molecule has 6 nitrogen and oxygen atoms in total. The zero-order valence-corrected chi connectivity index (χ0v) is 16.0. The van der Waals surface area contributed by atoms with E-state index in [1.54, 1.807) is 6.20 Å². The van der Waals surface area contributed by atoms with Crippen LogP contribution in [0.25, 0.3) is 0 Å². The lowest BCUT2D eigenvalue weighted by atomic mass is 9.65. The molecule has 144 valence electrons. The summed E-state index contributed by atoms with van der Waals surface area (Å²) in [5.41, 5.74) is 6.36. The highest BCUT2D eigenvalue weighted by Crippen LogP contribution is 2.42. The molecule has 1 aliphatic heterocycles. The molecule has 26 heavy (non-hydrogen) atoms. The zero-order valence-electron chi connectivity index (χ0n) is 15.2. The van der Waals surface area contributed by atoms with Gasteiger partial charge in [-0.3, -0.25) is 4.79 Å². The molecule has 0 aromatic carbocycles. The smallest absolute Gasteiger partial charge is 0.223 e. The van der Waals surface area contributed by atoms with E-state index in [-0.39, 0.29) is 30.3 Å². The number of hydrogen-bond donors (Lipinski definition) is 2. The second-order valence-corrected chi connectivity index (χ2v) is 8.07. The van der Waals surface area contributed by atoms with Crippen LogP contribution in [0.1, 0.15) is 44.9 Å². The predicted molar refractivity (Wildman–Crippen MR) is 104 cm³/mol. The number of carbonyl (C=O) groups is 1. The summed E-state index contributed by atoms with van der Waals surface area (Å²) in [5, 5.41) is 11.5. The maximum absolute atomic E-state index is 12.8. The van der Waals surface area contributed by atoms with Gasteiger partial charge in [0, 0.05) is 37.3 Å². The number of anilines is 1. The molecule has 4 rings (SSSR count).